The van der Waals surface area contributed by atoms with Crippen molar-refractivity contribution in [3.8, 4) is 0 Å². The van der Waals surface area contributed by atoms with Gasteiger partial charge in [-0.05, 0) is 17.7 Å². The van der Waals surface area contributed by atoms with Crippen LogP contribution in [0.3, 0.4) is 0 Å². The molecule has 0 saturated carbocycles. The van der Waals surface area contributed by atoms with Gasteiger partial charge < -0.3 is 0 Å². The van der Waals surface area contributed by atoms with Crippen molar-refractivity contribution in [3.05, 3.63) is 94.8 Å². The van der Waals surface area contributed by atoms with E-state index in [0.717, 1.165) is 21.6 Å². The van der Waals surface area contributed by atoms with Crippen LogP contribution in [0.2, 0.25) is 0 Å². The summed E-state index contributed by atoms with van der Waals surface area (Å²) in [5.74, 6) is 0.791. The first-order valence-corrected chi connectivity index (χ1v) is 9.67. The van der Waals surface area contributed by atoms with Gasteiger partial charge >= 0.3 is 0 Å². The molecule has 2 heterocycles. The number of nitrogens with zero attached hydrogens (tertiary/aromatic N) is 3. The zero-order valence-electron chi connectivity index (χ0n) is 14.4. The minimum absolute atomic E-state index is 0.136. The van der Waals surface area contributed by atoms with Gasteiger partial charge in [0.1, 0.15) is 5.03 Å². The normalized spacial score (nSPS) is 11.4. The summed E-state index contributed by atoms with van der Waals surface area (Å²) in [5.41, 5.74) is 2.37. The Labute approximate surface area is 159 Å². The van der Waals surface area contributed by atoms with E-state index in [1.807, 2.05) is 60.7 Å². The van der Waals surface area contributed by atoms with E-state index in [0.29, 0.717) is 16.6 Å². The summed E-state index contributed by atoms with van der Waals surface area (Å²) in [5, 5.41) is 8.04. The van der Waals surface area contributed by atoms with Crippen LogP contribution >= 0.6 is 11.8 Å². The van der Waals surface area contributed by atoms with Crippen LogP contribution < -0.4 is 5.56 Å². The van der Waals surface area contributed by atoms with Crippen LogP contribution in [0.25, 0.3) is 27.3 Å². The first-order chi connectivity index (χ1) is 13.3. The molecule has 0 aliphatic heterocycles. The molecule has 5 rings (SSSR count). The number of hydrogen-bond donors (Lipinski definition) is 0. The number of rotatable bonds is 3. The van der Waals surface area contributed by atoms with Crippen LogP contribution in [0.15, 0.2) is 88.7 Å². The average molecular weight is 369 g/mol. The van der Waals surface area contributed by atoms with Crippen LogP contribution in [-0.2, 0) is 5.75 Å². The molecule has 5 aromatic rings. The molecular weight excluding hydrogens is 354 g/mol. The monoisotopic (exact) mass is 369 g/mol. The molecular formula is C22H15N3OS. The second-order valence-electron chi connectivity index (χ2n) is 6.29. The number of thioether (sulfide) groups is 1. The highest BCUT2D eigenvalue weighted by molar-refractivity contribution is 7.98. The molecule has 0 saturated heterocycles. The summed E-state index contributed by atoms with van der Waals surface area (Å²) in [4.78, 5) is 17.7. The molecule has 0 atom stereocenters. The third kappa shape index (κ3) is 2.76. The van der Waals surface area contributed by atoms with Gasteiger partial charge in [-0.15, -0.1) is 0 Å². The maximum absolute atomic E-state index is 13.0. The second kappa shape index (κ2) is 6.52. The molecule has 27 heavy (non-hydrogen) atoms. The van der Waals surface area contributed by atoms with E-state index in [1.165, 1.54) is 10.1 Å². The van der Waals surface area contributed by atoms with Crippen molar-refractivity contribution in [1.29, 1.82) is 0 Å². The summed E-state index contributed by atoms with van der Waals surface area (Å²) in [6, 6.07) is 25.7. The first-order valence-electron chi connectivity index (χ1n) is 8.68. The van der Waals surface area contributed by atoms with Crippen molar-refractivity contribution in [2.45, 2.75) is 10.8 Å². The lowest BCUT2D eigenvalue weighted by molar-refractivity contribution is 0.834. The van der Waals surface area contributed by atoms with Crippen molar-refractivity contribution in [1.82, 2.24) is 14.6 Å². The third-order valence-electron chi connectivity index (χ3n) is 4.56. The number of benzene rings is 3. The number of hydrogen-bond acceptors (Lipinski definition) is 4. The zero-order valence-corrected chi connectivity index (χ0v) is 15.2. The van der Waals surface area contributed by atoms with Crippen molar-refractivity contribution < 1.29 is 0 Å². The van der Waals surface area contributed by atoms with Crippen molar-refractivity contribution >= 4 is 39.1 Å². The number of aromatic nitrogens is 3. The lowest BCUT2D eigenvalue weighted by Gasteiger charge is -2.10. The fourth-order valence-electron chi connectivity index (χ4n) is 3.23. The van der Waals surface area contributed by atoms with Crippen molar-refractivity contribution in [2.75, 3.05) is 0 Å². The van der Waals surface area contributed by atoms with E-state index >= 15 is 0 Å². The summed E-state index contributed by atoms with van der Waals surface area (Å²) in [6.45, 7) is 0. The highest BCUT2D eigenvalue weighted by Gasteiger charge is 2.13. The lowest BCUT2D eigenvalue weighted by atomic mass is 10.2. The molecule has 0 spiro atoms. The van der Waals surface area contributed by atoms with E-state index < -0.39 is 0 Å². The average Bonchev–Trinajstić information content (AvgIpc) is 2.73. The molecule has 3 aromatic carbocycles. The summed E-state index contributed by atoms with van der Waals surface area (Å²) in [6.07, 6.45) is 0. The van der Waals surface area contributed by atoms with Crippen LogP contribution in [0, 0.1) is 0 Å². The van der Waals surface area contributed by atoms with Gasteiger partial charge in [-0.25, -0.2) is 4.98 Å². The highest BCUT2D eigenvalue weighted by Crippen LogP contribution is 2.30. The number of para-hydroxylation sites is 1. The Morgan fingerprint density at radius 2 is 1.44 bits per heavy atom. The zero-order chi connectivity index (χ0) is 18.2. The van der Waals surface area contributed by atoms with Crippen molar-refractivity contribution in [3.63, 3.8) is 0 Å². The Morgan fingerprint density at radius 1 is 0.778 bits per heavy atom. The fourth-order valence-corrected chi connectivity index (χ4v) is 4.20. The standard InChI is InChI=1S/C22H15N3OS/c26-22-18-12-6-7-13-19(18)23-20-16-10-4-5-11-17(16)21(24-25(20)22)27-14-15-8-2-1-3-9-15/h1-13H,14H2. The van der Waals surface area contributed by atoms with Gasteiger partial charge in [0.15, 0.2) is 5.65 Å². The van der Waals surface area contributed by atoms with Crippen LogP contribution in [0.5, 0.6) is 0 Å². The summed E-state index contributed by atoms with van der Waals surface area (Å²) in [7, 11) is 0. The maximum atomic E-state index is 13.0. The van der Waals surface area contributed by atoms with Gasteiger partial charge in [0.2, 0.25) is 0 Å². The molecule has 0 aliphatic carbocycles. The maximum Gasteiger partial charge on any atom is 0.282 e. The van der Waals surface area contributed by atoms with Crippen LogP contribution in [0.4, 0.5) is 0 Å². The minimum Gasteiger partial charge on any atom is -0.267 e. The van der Waals surface area contributed by atoms with E-state index in [4.69, 9.17) is 4.98 Å². The molecule has 130 valence electrons. The summed E-state index contributed by atoms with van der Waals surface area (Å²) >= 11 is 1.63. The SMILES string of the molecule is O=c1c2ccccc2nc2c3ccccc3c(SCc3ccccc3)nn12. The van der Waals surface area contributed by atoms with E-state index in [-0.39, 0.29) is 5.56 Å². The Balaban J connectivity index is 1.76. The Bertz CT molecular complexity index is 1350. The van der Waals surface area contributed by atoms with E-state index in [2.05, 4.69) is 17.2 Å². The molecule has 0 amide bonds. The molecule has 2 aromatic heterocycles. The Morgan fingerprint density at radius 3 is 2.26 bits per heavy atom. The van der Waals surface area contributed by atoms with Gasteiger partial charge in [0, 0.05) is 16.5 Å². The lowest BCUT2D eigenvalue weighted by Crippen LogP contribution is -2.18. The van der Waals surface area contributed by atoms with Gasteiger partial charge in [-0.1, -0.05) is 78.5 Å². The molecule has 4 nitrogen and oxygen atoms in total. The molecule has 0 radical (unpaired) electrons. The molecule has 5 heteroatoms. The quantitative estimate of drug-likeness (QED) is 0.263. The van der Waals surface area contributed by atoms with Gasteiger partial charge in [-0.2, -0.15) is 9.61 Å². The smallest absolute Gasteiger partial charge is 0.267 e. The largest absolute Gasteiger partial charge is 0.282 e. The topological polar surface area (TPSA) is 47.3 Å². The van der Waals surface area contributed by atoms with E-state index in [1.54, 1.807) is 17.8 Å². The number of fused-ring (bicyclic) bond motifs is 4. The molecule has 0 aliphatic rings. The molecule has 0 unspecified atom stereocenters. The molecule has 0 fully saturated rings. The Hall–Kier alpha value is -3.18. The summed E-state index contributed by atoms with van der Waals surface area (Å²) < 4.78 is 1.44. The fraction of sp³-hybridized carbons (Fsp3) is 0.0455. The first kappa shape index (κ1) is 16.0. The second-order valence-corrected chi connectivity index (χ2v) is 7.26. The van der Waals surface area contributed by atoms with Gasteiger partial charge in [-0.3, -0.25) is 4.79 Å². The minimum atomic E-state index is -0.136. The molecule has 0 N–H and O–H groups in total. The van der Waals surface area contributed by atoms with Crippen molar-refractivity contribution in [2.24, 2.45) is 0 Å². The van der Waals surface area contributed by atoms with Gasteiger partial charge in [0.05, 0.1) is 10.9 Å². The predicted octanol–water partition coefficient (Wildman–Crippen LogP) is 4.69. The van der Waals surface area contributed by atoms with Crippen LogP contribution in [-0.4, -0.2) is 14.6 Å². The van der Waals surface area contributed by atoms with Crippen LogP contribution in [0.1, 0.15) is 5.56 Å². The predicted molar refractivity (Wildman–Crippen MR) is 110 cm³/mol. The molecule has 0 bridgehead atoms. The third-order valence-corrected chi connectivity index (χ3v) is 5.61. The van der Waals surface area contributed by atoms with Gasteiger partial charge in [0.25, 0.3) is 5.56 Å². The van der Waals surface area contributed by atoms with E-state index in [9.17, 15) is 4.79 Å². The highest BCUT2D eigenvalue weighted by atomic mass is 32.2. The Kier molecular flexibility index (Phi) is 3.87.